The van der Waals surface area contributed by atoms with Crippen molar-refractivity contribution in [3.8, 4) is 5.69 Å². The Hall–Kier alpha value is -2.26. The second-order valence-corrected chi connectivity index (χ2v) is 7.32. The van der Waals surface area contributed by atoms with Gasteiger partial charge in [-0.15, -0.1) is 10.2 Å². The van der Waals surface area contributed by atoms with Crippen molar-refractivity contribution in [2.75, 3.05) is 17.3 Å². The lowest BCUT2D eigenvalue weighted by molar-refractivity contribution is -0.113. The third kappa shape index (κ3) is 4.28. The molecule has 26 heavy (non-hydrogen) atoms. The number of anilines is 1. The molecule has 0 fully saturated rings. The van der Waals surface area contributed by atoms with Crippen molar-refractivity contribution in [1.82, 2.24) is 20.0 Å². The number of amides is 1. The summed E-state index contributed by atoms with van der Waals surface area (Å²) < 4.78 is 7.28. The highest BCUT2D eigenvalue weighted by atomic mass is 32.2. The van der Waals surface area contributed by atoms with Crippen molar-refractivity contribution >= 4 is 35.1 Å². The van der Waals surface area contributed by atoms with Crippen LogP contribution in [0.25, 0.3) is 5.69 Å². The highest BCUT2D eigenvalue weighted by molar-refractivity contribution is 7.99. The van der Waals surface area contributed by atoms with Crippen molar-refractivity contribution < 1.29 is 9.21 Å². The normalized spacial score (nSPS) is 10.9. The van der Waals surface area contributed by atoms with E-state index in [4.69, 9.17) is 4.42 Å². The third-order valence-electron chi connectivity index (χ3n) is 3.60. The van der Waals surface area contributed by atoms with Gasteiger partial charge in [-0.05, 0) is 32.2 Å². The average molecular weight is 390 g/mol. The predicted molar refractivity (Wildman–Crippen MR) is 104 cm³/mol. The van der Waals surface area contributed by atoms with E-state index in [0.717, 1.165) is 22.8 Å². The van der Waals surface area contributed by atoms with Crippen LogP contribution >= 0.6 is 23.5 Å². The maximum absolute atomic E-state index is 12.3. The number of aryl methyl sites for hydroxylation is 1. The lowest BCUT2D eigenvalue weighted by atomic mass is 10.3. The molecule has 1 aromatic carbocycles. The molecule has 0 bridgehead atoms. The molecule has 0 aliphatic carbocycles. The Morgan fingerprint density at radius 2 is 2.00 bits per heavy atom. The van der Waals surface area contributed by atoms with Gasteiger partial charge in [0.05, 0.1) is 34.3 Å². The zero-order valence-electron chi connectivity index (χ0n) is 14.7. The van der Waals surface area contributed by atoms with Gasteiger partial charge in [-0.1, -0.05) is 30.0 Å². The Bertz CT molecular complexity index is 892. The monoisotopic (exact) mass is 389 g/mol. The molecule has 136 valence electrons. The first-order chi connectivity index (χ1) is 12.6. The van der Waals surface area contributed by atoms with E-state index in [2.05, 4.69) is 20.6 Å². The largest absolute Gasteiger partial charge is 0.415 e. The van der Waals surface area contributed by atoms with E-state index in [1.54, 1.807) is 11.8 Å². The lowest BCUT2D eigenvalue weighted by Crippen LogP contribution is -2.15. The maximum atomic E-state index is 12.3. The van der Waals surface area contributed by atoms with Crippen molar-refractivity contribution in [3.63, 3.8) is 0 Å². The SMILES string of the molecule is CSCc1nnc(SCC(=O)Nc2c(C)nn(-c3ccccc3)c2C)o1. The van der Waals surface area contributed by atoms with Gasteiger partial charge in [0, 0.05) is 0 Å². The van der Waals surface area contributed by atoms with Crippen LogP contribution in [0.1, 0.15) is 17.3 Å². The van der Waals surface area contributed by atoms with Gasteiger partial charge < -0.3 is 9.73 Å². The minimum Gasteiger partial charge on any atom is -0.415 e. The molecule has 0 unspecified atom stereocenters. The van der Waals surface area contributed by atoms with Gasteiger partial charge in [-0.2, -0.15) is 16.9 Å². The number of benzene rings is 1. The minimum atomic E-state index is -0.140. The molecule has 1 amide bonds. The molecule has 0 radical (unpaired) electrons. The number of carbonyl (C=O) groups is 1. The van der Waals surface area contributed by atoms with E-state index < -0.39 is 0 Å². The summed E-state index contributed by atoms with van der Waals surface area (Å²) in [5.41, 5.74) is 3.33. The van der Waals surface area contributed by atoms with E-state index in [1.807, 2.05) is 55.1 Å². The number of para-hydroxylation sites is 1. The van der Waals surface area contributed by atoms with E-state index >= 15 is 0 Å². The summed E-state index contributed by atoms with van der Waals surface area (Å²) in [6.07, 6.45) is 1.96. The van der Waals surface area contributed by atoms with Gasteiger partial charge >= 0.3 is 0 Å². The van der Waals surface area contributed by atoms with Crippen molar-refractivity contribution in [2.45, 2.75) is 24.8 Å². The number of nitrogens with one attached hydrogen (secondary N) is 1. The van der Waals surface area contributed by atoms with E-state index in [1.165, 1.54) is 11.8 Å². The smallest absolute Gasteiger partial charge is 0.277 e. The lowest BCUT2D eigenvalue weighted by Gasteiger charge is -2.06. The zero-order chi connectivity index (χ0) is 18.5. The molecule has 0 saturated heterocycles. The Morgan fingerprint density at radius 1 is 1.23 bits per heavy atom. The van der Waals surface area contributed by atoms with Gasteiger partial charge in [0.1, 0.15) is 0 Å². The number of nitrogens with zero attached hydrogens (tertiary/aromatic N) is 4. The molecule has 2 heterocycles. The topological polar surface area (TPSA) is 85.8 Å². The quantitative estimate of drug-likeness (QED) is 0.619. The van der Waals surface area contributed by atoms with E-state index in [-0.39, 0.29) is 11.7 Å². The first-order valence-electron chi connectivity index (χ1n) is 7.94. The molecule has 0 saturated carbocycles. The van der Waals surface area contributed by atoms with Gasteiger partial charge in [-0.25, -0.2) is 4.68 Å². The van der Waals surface area contributed by atoms with Crippen molar-refractivity contribution in [1.29, 1.82) is 0 Å². The molecule has 9 heteroatoms. The van der Waals surface area contributed by atoms with Crippen LogP contribution in [0.5, 0.6) is 0 Å². The van der Waals surface area contributed by atoms with Gasteiger partial charge in [0.15, 0.2) is 0 Å². The average Bonchev–Trinajstić information content (AvgIpc) is 3.20. The molecule has 7 nitrogen and oxygen atoms in total. The van der Waals surface area contributed by atoms with Crippen LogP contribution in [0.2, 0.25) is 0 Å². The Kier molecular flexibility index (Phi) is 6.00. The first kappa shape index (κ1) is 18.5. The molecule has 0 spiro atoms. The highest BCUT2D eigenvalue weighted by Crippen LogP contribution is 2.24. The Morgan fingerprint density at radius 3 is 2.73 bits per heavy atom. The number of hydrogen-bond donors (Lipinski definition) is 1. The number of aromatic nitrogens is 4. The third-order valence-corrected chi connectivity index (χ3v) is 4.95. The first-order valence-corrected chi connectivity index (χ1v) is 10.3. The summed E-state index contributed by atoms with van der Waals surface area (Å²) in [6, 6.07) is 9.81. The molecule has 0 aliphatic heterocycles. The van der Waals surface area contributed by atoms with Crippen LogP contribution < -0.4 is 5.32 Å². The summed E-state index contributed by atoms with van der Waals surface area (Å²) in [6.45, 7) is 3.81. The van der Waals surface area contributed by atoms with Gasteiger partial charge in [0.25, 0.3) is 5.22 Å². The van der Waals surface area contributed by atoms with Gasteiger partial charge in [0.2, 0.25) is 11.8 Å². The fraction of sp³-hybridized carbons (Fsp3) is 0.294. The van der Waals surface area contributed by atoms with Crippen molar-refractivity contribution in [2.24, 2.45) is 0 Å². The summed E-state index contributed by atoms with van der Waals surface area (Å²) >= 11 is 2.82. The van der Waals surface area contributed by atoms with Crippen LogP contribution in [0.15, 0.2) is 40.0 Å². The highest BCUT2D eigenvalue weighted by Gasteiger charge is 2.16. The second-order valence-electron chi connectivity index (χ2n) is 5.52. The molecule has 2 aromatic heterocycles. The fourth-order valence-electron chi connectivity index (χ4n) is 2.43. The van der Waals surface area contributed by atoms with Crippen LogP contribution in [0.4, 0.5) is 5.69 Å². The summed E-state index contributed by atoms with van der Waals surface area (Å²) in [7, 11) is 0. The van der Waals surface area contributed by atoms with Crippen LogP contribution in [-0.2, 0) is 10.5 Å². The molecule has 3 rings (SSSR count). The molecule has 3 aromatic rings. The van der Waals surface area contributed by atoms with Crippen molar-refractivity contribution in [3.05, 3.63) is 47.6 Å². The molecular weight excluding hydrogens is 370 g/mol. The number of thioether (sulfide) groups is 2. The summed E-state index contributed by atoms with van der Waals surface area (Å²) in [4.78, 5) is 12.3. The number of hydrogen-bond acceptors (Lipinski definition) is 7. The molecular formula is C17H19N5O2S2. The Labute approximate surface area is 160 Å². The number of carbonyl (C=O) groups excluding carboxylic acids is 1. The van der Waals surface area contributed by atoms with E-state index in [0.29, 0.717) is 16.9 Å². The van der Waals surface area contributed by atoms with Crippen LogP contribution in [-0.4, -0.2) is 37.9 Å². The Balaban J connectivity index is 1.65. The standard InChI is InChI=1S/C17H19N5O2S2/c1-11-16(12(2)22(21-11)13-7-5-4-6-8-13)18-14(23)9-26-17-20-19-15(24-17)10-25-3/h4-8H,9-10H2,1-3H3,(H,18,23). The summed E-state index contributed by atoms with van der Waals surface area (Å²) in [5.74, 6) is 1.28. The molecule has 0 aliphatic rings. The van der Waals surface area contributed by atoms with Crippen LogP contribution in [0.3, 0.4) is 0 Å². The summed E-state index contributed by atoms with van der Waals surface area (Å²) in [5, 5.41) is 15.7. The van der Waals surface area contributed by atoms with Gasteiger partial charge in [-0.3, -0.25) is 4.79 Å². The van der Waals surface area contributed by atoms with Crippen LogP contribution in [0, 0.1) is 13.8 Å². The number of rotatable bonds is 7. The zero-order valence-corrected chi connectivity index (χ0v) is 16.4. The fourth-order valence-corrected chi connectivity index (χ4v) is 3.37. The predicted octanol–water partition coefficient (Wildman–Crippen LogP) is 3.47. The molecule has 0 atom stereocenters. The molecule has 1 N–H and O–H groups in total. The maximum Gasteiger partial charge on any atom is 0.277 e. The van der Waals surface area contributed by atoms with E-state index in [9.17, 15) is 4.79 Å². The minimum absolute atomic E-state index is 0.140. The second kappa shape index (κ2) is 8.41.